The quantitative estimate of drug-likeness (QED) is 0.272. The van der Waals surface area contributed by atoms with E-state index >= 15 is 0 Å². The lowest BCUT2D eigenvalue weighted by atomic mass is 10.0. The molecule has 1 unspecified atom stereocenters. The number of thioether (sulfide) groups is 1. The molecule has 45 heavy (non-hydrogen) atoms. The van der Waals surface area contributed by atoms with Crippen molar-refractivity contribution in [3.8, 4) is 11.5 Å². The Morgan fingerprint density at radius 3 is 2.58 bits per heavy atom. The average molecular weight is 641 g/mol. The number of urea groups is 1. The summed E-state index contributed by atoms with van der Waals surface area (Å²) in [6, 6.07) is 15.9. The van der Waals surface area contributed by atoms with Crippen LogP contribution in [0.2, 0.25) is 0 Å². The molecule has 10 nitrogen and oxygen atoms in total. The number of carbonyl (C=O) groups is 2. The fourth-order valence-electron chi connectivity index (χ4n) is 4.72. The van der Waals surface area contributed by atoms with Gasteiger partial charge in [0.25, 0.3) is 0 Å². The lowest BCUT2D eigenvalue weighted by Gasteiger charge is -2.20. The van der Waals surface area contributed by atoms with E-state index < -0.39 is 18.6 Å². The Balaban J connectivity index is 1.17. The van der Waals surface area contributed by atoms with Crippen LogP contribution in [0.15, 0.2) is 70.6 Å². The maximum Gasteiger partial charge on any atom is 0.573 e. The monoisotopic (exact) mass is 640 g/mol. The SMILES string of the molecule is CCCc1ccc(C)cc1N1C(=O)CS/C1=N\C(=O)Nc1ccc(OCC2N=CN(c3ccc(OC(F)(F)F)cc3)N2)cc1C. The molecule has 1 atom stereocenters. The zero-order chi connectivity index (χ0) is 32.1. The van der Waals surface area contributed by atoms with Crippen LogP contribution in [-0.4, -0.2) is 48.3 Å². The molecule has 0 bridgehead atoms. The molecule has 5 rings (SSSR count). The molecule has 2 aliphatic rings. The number of anilines is 3. The number of hydrogen-bond acceptors (Lipinski definition) is 8. The molecule has 3 aromatic rings. The Hall–Kier alpha value is -4.56. The zero-order valence-electron chi connectivity index (χ0n) is 24.7. The van der Waals surface area contributed by atoms with Crippen LogP contribution in [0.25, 0.3) is 0 Å². The lowest BCUT2D eigenvalue weighted by molar-refractivity contribution is -0.274. The molecule has 0 aliphatic carbocycles. The molecule has 0 spiro atoms. The van der Waals surface area contributed by atoms with Gasteiger partial charge in [-0.1, -0.05) is 37.2 Å². The first-order valence-electron chi connectivity index (χ1n) is 14.1. The molecule has 1 saturated heterocycles. The third-order valence-corrected chi connectivity index (χ3v) is 7.73. The molecular weight excluding hydrogens is 609 g/mol. The number of alkyl halides is 3. The number of aryl methyl sites for hydroxylation is 3. The number of amidine groups is 1. The van der Waals surface area contributed by atoms with Crippen LogP contribution in [0.1, 0.15) is 30.0 Å². The molecule has 3 aromatic carbocycles. The molecule has 2 heterocycles. The summed E-state index contributed by atoms with van der Waals surface area (Å²) < 4.78 is 47.0. The summed E-state index contributed by atoms with van der Waals surface area (Å²) >= 11 is 1.23. The number of aliphatic imine (C=N–C) groups is 2. The highest BCUT2D eigenvalue weighted by Crippen LogP contribution is 2.32. The Labute approximate surface area is 262 Å². The van der Waals surface area contributed by atoms with Crippen LogP contribution in [0.5, 0.6) is 11.5 Å². The average Bonchev–Trinajstić information content (AvgIpc) is 3.60. The van der Waals surface area contributed by atoms with Gasteiger partial charge in [-0.05, 0) is 85.5 Å². The number of halogens is 3. The fourth-order valence-corrected chi connectivity index (χ4v) is 5.58. The maximum absolute atomic E-state index is 12.9. The number of nitrogens with one attached hydrogen (secondary N) is 2. The van der Waals surface area contributed by atoms with Crippen molar-refractivity contribution in [1.82, 2.24) is 5.43 Å². The predicted octanol–water partition coefficient (Wildman–Crippen LogP) is 6.58. The minimum atomic E-state index is -4.76. The van der Waals surface area contributed by atoms with E-state index in [1.165, 1.54) is 47.3 Å². The fraction of sp³-hybridized carbons (Fsp3) is 0.290. The van der Waals surface area contributed by atoms with Crippen LogP contribution in [0, 0.1) is 13.8 Å². The summed E-state index contributed by atoms with van der Waals surface area (Å²) in [5.74, 6) is 0.316. The van der Waals surface area contributed by atoms with E-state index in [1.807, 2.05) is 32.0 Å². The summed E-state index contributed by atoms with van der Waals surface area (Å²) in [4.78, 5) is 35.8. The number of benzene rings is 3. The molecule has 14 heteroatoms. The minimum absolute atomic E-state index is 0.121. The van der Waals surface area contributed by atoms with Crippen molar-refractivity contribution in [1.29, 1.82) is 0 Å². The Kier molecular flexibility index (Phi) is 9.63. The molecule has 0 radical (unpaired) electrons. The number of carbonyl (C=O) groups excluding carboxylic acids is 2. The number of amides is 3. The second-order valence-electron chi connectivity index (χ2n) is 10.3. The van der Waals surface area contributed by atoms with E-state index in [0.29, 0.717) is 22.3 Å². The van der Waals surface area contributed by atoms with E-state index in [0.717, 1.165) is 35.2 Å². The van der Waals surface area contributed by atoms with Gasteiger partial charge in [0.05, 0.1) is 17.1 Å². The topological polar surface area (TPSA) is 108 Å². The van der Waals surface area contributed by atoms with Crippen molar-refractivity contribution in [2.24, 2.45) is 9.98 Å². The number of hydrogen-bond donors (Lipinski definition) is 2. The van der Waals surface area contributed by atoms with Crippen LogP contribution in [0.4, 0.5) is 35.0 Å². The number of rotatable bonds is 9. The normalized spacial score (nSPS) is 17.3. The third-order valence-electron chi connectivity index (χ3n) is 6.81. The van der Waals surface area contributed by atoms with Gasteiger partial charge in [-0.15, -0.1) is 13.2 Å². The van der Waals surface area contributed by atoms with Gasteiger partial charge in [0.1, 0.15) is 24.4 Å². The number of ether oxygens (including phenoxy) is 2. The summed E-state index contributed by atoms with van der Waals surface area (Å²) in [5, 5.41) is 4.70. The number of nitrogens with zero attached hydrogens (tertiary/aromatic N) is 4. The summed E-state index contributed by atoms with van der Waals surface area (Å²) in [6.45, 7) is 6.02. The molecule has 236 valence electrons. The highest BCUT2D eigenvalue weighted by atomic mass is 32.2. The van der Waals surface area contributed by atoms with Crippen LogP contribution >= 0.6 is 11.8 Å². The van der Waals surface area contributed by atoms with Crippen molar-refractivity contribution in [3.63, 3.8) is 0 Å². The zero-order valence-corrected chi connectivity index (χ0v) is 25.5. The van der Waals surface area contributed by atoms with E-state index in [-0.39, 0.29) is 24.0 Å². The van der Waals surface area contributed by atoms with Crippen molar-refractivity contribution in [2.45, 2.75) is 46.1 Å². The van der Waals surface area contributed by atoms with Gasteiger partial charge < -0.3 is 14.8 Å². The molecule has 2 N–H and O–H groups in total. The second-order valence-corrected chi connectivity index (χ2v) is 11.3. The van der Waals surface area contributed by atoms with Crippen molar-refractivity contribution in [3.05, 3.63) is 77.4 Å². The molecule has 2 aliphatic heterocycles. The minimum Gasteiger partial charge on any atom is -0.490 e. The Morgan fingerprint density at radius 1 is 1.11 bits per heavy atom. The highest BCUT2D eigenvalue weighted by Gasteiger charge is 2.32. The van der Waals surface area contributed by atoms with Gasteiger partial charge in [0, 0.05) is 5.69 Å². The maximum atomic E-state index is 12.9. The van der Waals surface area contributed by atoms with Crippen LogP contribution < -0.4 is 30.1 Å². The molecule has 0 saturated carbocycles. The van der Waals surface area contributed by atoms with Crippen LogP contribution in [-0.2, 0) is 11.2 Å². The molecule has 0 aromatic heterocycles. The molecule has 3 amide bonds. The second kappa shape index (κ2) is 13.6. The van der Waals surface area contributed by atoms with Gasteiger partial charge in [-0.25, -0.2) is 15.2 Å². The van der Waals surface area contributed by atoms with E-state index in [1.54, 1.807) is 23.2 Å². The predicted molar refractivity (Wildman–Crippen MR) is 169 cm³/mol. The standard InChI is InChI=1S/C31H31F3N6O4S/c1-4-5-21-7-6-19(2)14-26(21)40-28(41)17-45-30(40)37-29(42)36-25-13-12-24(15-20(25)3)43-16-27-35-18-39(38-27)22-8-10-23(11-9-22)44-31(32,33)34/h6-15,18,27,38H,4-5,16-17H2,1-3H3,(H,36,42)/b37-30-. The highest BCUT2D eigenvalue weighted by molar-refractivity contribution is 8.15. The first-order chi connectivity index (χ1) is 21.5. The molecule has 1 fully saturated rings. The van der Waals surface area contributed by atoms with Gasteiger partial charge >= 0.3 is 12.4 Å². The third kappa shape index (κ3) is 8.13. The largest absolute Gasteiger partial charge is 0.573 e. The van der Waals surface area contributed by atoms with Gasteiger partial charge in [-0.3, -0.25) is 14.7 Å². The van der Waals surface area contributed by atoms with E-state index in [9.17, 15) is 22.8 Å². The van der Waals surface area contributed by atoms with E-state index in [4.69, 9.17) is 4.74 Å². The van der Waals surface area contributed by atoms with Crippen LogP contribution in [0.3, 0.4) is 0 Å². The van der Waals surface area contributed by atoms with Crippen molar-refractivity contribution < 1.29 is 32.2 Å². The van der Waals surface area contributed by atoms with Crippen molar-refractivity contribution >= 4 is 52.3 Å². The lowest BCUT2D eigenvalue weighted by Crippen LogP contribution is -2.39. The summed E-state index contributed by atoms with van der Waals surface area (Å²) in [6.07, 6.45) is -1.96. The van der Waals surface area contributed by atoms with Crippen molar-refractivity contribution in [2.75, 3.05) is 27.6 Å². The van der Waals surface area contributed by atoms with Gasteiger partial charge in [0.15, 0.2) is 11.3 Å². The first-order valence-corrected chi connectivity index (χ1v) is 15.1. The Morgan fingerprint density at radius 2 is 1.87 bits per heavy atom. The summed E-state index contributed by atoms with van der Waals surface area (Å²) in [5.41, 5.74) is 7.73. The number of hydrazine groups is 1. The smallest absolute Gasteiger partial charge is 0.490 e. The first kappa shape index (κ1) is 31.9. The molecular formula is C31H31F3N6O4S. The van der Waals surface area contributed by atoms with Gasteiger partial charge in [-0.2, -0.15) is 4.99 Å². The summed E-state index contributed by atoms with van der Waals surface area (Å²) in [7, 11) is 0. The Bertz CT molecular complexity index is 1630. The van der Waals surface area contributed by atoms with Gasteiger partial charge in [0.2, 0.25) is 5.91 Å². The van der Waals surface area contributed by atoms with E-state index in [2.05, 4.69) is 32.4 Å².